The number of anilines is 1. The lowest BCUT2D eigenvalue weighted by Crippen LogP contribution is -2.63. The van der Waals surface area contributed by atoms with Crippen molar-refractivity contribution in [3.05, 3.63) is 75.3 Å². The lowest BCUT2D eigenvalue weighted by Gasteiger charge is -2.50. The molecular formula is C32H33N3O8. The minimum absolute atomic E-state index is 0.0107. The van der Waals surface area contributed by atoms with Gasteiger partial charge in [0.25, 0.3) is 5.91 Å². The van der Waals surface area contributed by atoms with E-state index in [9.17, 15) is 34.8 Å². The van der Waals surface area contributed by atoms with E-state index < -0.39 is 63.8 Å². The van der Waals surface area contributed by atoms with Crippen molar-refractivity contribution in [2.45, 2.75) is 24.5 Å². The fraction of sp³-hybridized carbons (Fsp3) is 0.344. The van der Waals surface area contributed by atoms with E-state index in [1.807, 2.05) is 0 Å². The van der Waals surface area contributed by atoms with E-state index in [1.165, 1.54) is 12.0 Å². The molecule has 0 bridgehead atoms. The number of phenolic OH excluding ortho intramolecular Hbond substituents is 1. The number of aliphatic hydroxyl groups is 3. The molecule has 0 fully saturated rings. The van der Waals surface area contributed by atoms with Crippen LogP contribution in [-0.2, 0) is 16.0 Å². The van der Waals surface area contributed by atoms with Gasteiger partial charge in [0.15, 0.2) is 11.4 Å². The van der Waals surface area contributed by atoms with Crippen LogP contribution in [0, 0.1) is 23.7 Å². The van der Waals surface area contributed by atoms with Crippen LogP contribution in [0.2, 0.25) is 0 Å². The molecule has 0 saturated heterocycles. The van der Waals surface area contributed by atoms with Crippen molar-refractivity contribution >= 4 is 23.2 Å². The number of ether oxygens (including phenoxy) is 1. The molecule has 0 saturated carbocycles. The number of rotatable bonds is 4. The molecule has 2 aromatic carbocycles. The average molecular weight is 588 g/mol. The summed E-state index contributed by atoms with van der Waals surface area (Å²) in [4.78, 5) is 43.1. The molecule has 5 rings (SSSR count). The highest BCUT2D eigenvalue weighted by atomic mass is 16.5. The highest BCUT2D eigenvalue weighted by Crippen LogP contribution is 2.53. The molecule has 6 N–H and O–H groups in total. The summed E-state index contributed by atoms with van der Waals surface area (Å²) in [6, 6.07) is 7.66. The number of allylic oxidation sites excluding steroid dienone is 1. The maximum absolute atomic E-state index is 14.1. The fourth-order valence-corrected chi connectivity index (χ4v) is 6.63. The summed E-state index contributed by atoms with van der Waals surface area (Å²) in [5, 5.41) is 45.6. The van der Waals surface area contributed by atoms with Crippen LogP contribution in [0.15, 0.2) is 53.0 Å². The first-order valence-corrected chi connectivity index (χ1v) is 13.6. The lowest BCUT2D eigenvalue weighted by atomic mass is 9.58. The Morgan fingerprint density at radius 2 is 1.79 bits per heavy atom. The number of methoxy groups -OCH3 is 1. The topological polar surface area (TPSA) is 174 Å². The highest BCUT2D eigenvalue weighted by Gasteiger charge is 2.63. The molecule has 43 heavy (non-hydrogen) atoms. The summed E-state index contributed by atoms with van der Waals surface area (Å²) < 4.78 is 5.24. The van der Waals surface area contributed by atoms with Crippen LogP contribution in [0.3, 0.4) is 0 Å². The molecule has 3 aliphatic carbocycles. The van der Waals surface area contributed by atoms with Gasteiger partial charge in [-0.25, -0.2) is 0 Å². The van der Waals surface area contributed by atoms with Crippen LogP contribution in [0.25, 0.3) is 0 Å². The summed E-state index contributed by atoms with van der Waals surface area (Å²) in [6.45, 7) is 0. The van der Waals surface area contributed by atoms with Gasteiger partial charge < -0.3 is 35.8 Å². The van der Waals surface area contributed by atoms with E-state index in [0.717, 1.165) is 0 Å². The van der Waals surface area contributed by atoms with Crippen molar-refractivity contribution in [2.24, 2.45) is 17.6 Å². The molecule has 11 nitrogen and oxygen atoms in total. The first kappa shape index (κ1) is 29.7. The van der Waals surface area contributed by atoms with E-state index in [4.69, 9.17) is 10.5 Å². The number of fused-ring (bicyclic) bond motifs is 3. The zero-order valence-corrected chi connectivity index (χ0v) is 24.4. The molecule has 2 aromatic rings. The SMILES string of the molecule is COc1cccc(C#Cc2cc(N(C)C)c3c(c2O)C(=O)C2=C(O)[C@]4(O)C(=O)C(C(N)=O)=C(O)[C@@H](N(C)C)[C@@H]4C[C@@H]2C3)c1. The second kappa shape index (κ2) is 10.5. The first-order chi connectivity index (χ1) is 20.2. The zero-order chi connectivity index (χ0) is 31.5. The average Bonchev–Trinajstić information content (AvgIpc) is 2.94. The van der Waals surface area contributed by atoms with Gasteiger partial charge in [-0.3, -0.25) is 19.3 Å². The minimum atomic E-state index is -2.70. The molecule has 4 atom stereocenters. The quantitative estimate of drug-likeness (QED) is 0.261. The van der Waals surface area contributed by atoms with E-state index in [-0.39, 0.29) is 29.5 Å². The fourth-order valence-electron chi connectivity index (χ4n) is 6.63. The van der Waals surface area contributed by atoms with Gasteiger partial charge in [-0.2, -0.15) is 0 Å². The van der Waals surface area contributed by atoms with Gasteiger partial charge in [0, 0.05) is 36.8 Å². The van der Waals surface area contributed by atoms with Crippen molar-refractivity contribution in [3.63, 3.8) is 0 Å². The molecule has 0 unspecified atom stereocenters. The molecule has 1 amide bonds. The molecule has 0 aromatic heterocycles. The third-order valence-electron chi connectivity index (χ3n) is 8.59. The highest BCUT2D eigenvalue weighted by molar-refractivity contribution is 6.25. The van der Waals surface area contributed by atoms with Gasteiger partial charge in [-0.05, 0) is 62.7 Å². The number of aliphatic hydroxyl groups excluding tert-OH is 2. The number of nitrogens with zero attached hydrogens (tertiary/aromatic N) is 2. The van der Waals surface area contributed by atoms with Gasteiger partial charge in [-0.15, -0.1) is 0 Å². The lowest BCUT2D eigenvalue weighted by molar-refractivity contribution is -0.148. The van der Waals surface area contributed by atoms with Crippen molar-refractivity contribution in [1.82, 2.24) is 4.90 Å². The molecule has 0 aliphatic heterocycles. The van der Waals surface area contributed by atoms with Gasteiger partial charge in [-0.1, -0.05) is 17.9 Å². The monoisotopic (exact) mass is 587 g/mol. The van der Waals surface area contributed by atoms with Crippen molar-refractivity contribution < 1.29 is 39.5 Å². The van der Waals surface area contributed by atoms with E-state index in [2.05, 4.69) is 11.8 Å². The predicted octanol–water partition coefficient (Wildman–Crippen LogP) is 1.59. The number of likely N-dealkylation sites (N-methyl/N-ethyl adjacent to an activating group) is 1. The molecule has 11 heteroatoms. The van der Waals surface area contributed by atoms with Gasteiger partial charge >= 0.3 is 0 Å². The number of primary amides is 1. The minimum Gasteiger partial charge on any atom is -0.510 e. The third kappa shape index (κ3) is 4.42. The smallest absolute Gasteiger partial charge is 0.255 e. The third-order valence-corrected chi connectivity index (χ3v) is 8.59. The number of phenols is 1. The summed E-state index contributed by atoms with van der Waals surface area (Å²) in [6.07, 6.45) is 0.190. The molecular weight excluding hydrogens is 554 g/mol. The predicted molar refractivity (Wildman–Crippen MR) is 157 cm³/mol. The number of benzene rings is 2. The van der Waals surface area contributed by atoms with Crippen molar-refractivity contribution in [2.75, 3.05) is 40.2 Å². The number of carbonyl (C=O) groups is 3. The summed E-state index contributed by atoms with van der Waals surface area (Å²) >= 11 is 0. The van der Waals surface area contributed by atoms with Crippen LogP contribution < -0.4 is 15.4 Å². The number of hydrogen-bond donors (Lipinski definition) is 5. The summed E-state index contributed by atoms with van der Waals surface area (Å²) in [5.74, 6) is -0.503. The Bertz CT molecular complexity index is 1710. The molecule has 3 aliphatic rings. The molecule has 0 spiro atoms. The van der Waals surface area contributed by atoms with Gasteiger partial charge in [0.2, 0.25) is 5.78 Å². The number of carbonyl (C=O) groups excluding carboxylic acids is 3. The Kier molecular flexibility index (Phi) is 7.24. The number of nitrogens with two attached hydrogens (primary N) is 1. The second-order valence-electron chi connectivity index (χ2n) is 11.5. The van der Waals surface area contributed by atoms with Gasteiger partial charge in [0.05, 0.1) is 24.3 Å². The van der Waals surface area contributed by atoms with Crippen LogP contribution in [-0.4, -0.2) is 89.7 Å². The Balaban J connectivity index is 1.70. The van der Waals surface area contributed by atoms with Crippen LogP contribution in [0.4, 0.5) is 5.69 Å². The Morgan fingerprint density at radius 3 is 2.40 bits per heavy atom. The molecule has 0 radical (unpaired) electrons. The van der Waals surface area contributed by atoms with Crippen LogP contribution in [0.1, 0.15) is 33.5 Å². The number of amides is 1. The number of ketones is 2. The molecule has 0 heterocycles. The first-order valence-electron chi connectivity index (χ1n) is 13.6. The Morgan fingerprint density at radius 1 is 1.09 bits per heavy atom. The summed E-state index contributed by atoms with van der Waals surface area (Å²) in [7, 11) is 8.28. The van der Waals surface area contributed by atoms with Crippen molar-refractivity contribution in [3.8, 4) is 23.3 Å². The van der Waals surface area contributed by atoms with Gasteiger partial charge in [0.1, 0.15) is 28.6 Å². The molecule has 224 valence electrons. The number of hydrogen-bond acceptors (Lipinski definition) is 10. The standard InChI is InChI=1S/C32H33N3O8/c1-34(2)21-14-16(10-9-15-7-6-8-18(11-15)43-5)26(36)23-19(21)12-17-13-20-25(35(3)4)28(38)24(31(33)41)30(40)32(20,42)29(39)22(17)27(23)37/h6-8,11,14,17,20,25,36,38-39,42H,12-13H2,1-5H3,(H2,33,41)/t17-,20-,25-,32-/m0/s1. The zero-order valence-electron chi connectivity index (χ0n) is 24.4. The maximum Gasteiger partial charge on any atom is 0.255 e. The maximum atomic E-state index is 14.1. The largest absolute Gasteiger partial charge is 0.510 e. The van der Waals surface area contributed by atoms with Crippen LogP contribution in [0.5, 0.6) is 11.5 Å². The number of Topliss-reactive ketones (excluding diaryl/α,β-unsaturated/α-hetero) is 2. The summed E-state index contributed by atoms with van der Waals surface area (Å²) in [5.41, 5.74) is 3.45. The van der Waals surface area contributed by atoms with Crippen molar-refractivity contribution in [1.29, 1.82) is 0 Å². The van der Waals surface area contributed by atoms with Crippen LogP contribution >= 0.6 is 0 Å². The second-order valence-corrected chi connectivity index (χ2v) is 11.5. The van der Waals surface area contributed by atoms with E-state index in [1.54, 1.807) is 63.4 Å². The Hall–Kier alpha value is -4.79. The normalized spacial score (nSPS) is 24.6. The number of aromatic hydroxyl groups is 1. The van der Waals surface area contributed by atoms with E-state index >= 15 is 0 Å². The Labute approximate surface area is 248 Å². The van der Waals surface area contributed by atoms with E-state index in [0.29, 0.717) is 22.6 Å².